The topological polar surface area (TPSA) is 33.7 Å². The van der Waals surface area contributed by atoms with Crippen molar-refractivity contribution in [3.8, 4) is 11.5 Å². The van der Waals surface area contributed by atoms with Crippen LogP contribution < -0.4 is 19.7 Å². The Bertz CT molecular complexity index is 484. The van der Waals surface area contributed by atoms with E-state index in [1.807, 2.05) is 0 Å². The van der Waals surface area contributed by atoms with Gasteiger partial charge >= 0.3 is 0 Å². The lowest BCUT2D eigenvalue weighted by molar-refractivity contribution is 0.352. The third-order valence-corrected chi connectivity index (χ3v) is 4.74. The number of rotatable bonds is 4. The van der Waals surface area contributed by atoms with Crippen molar-refractivity contribution in [1.29, 1.82) is 0 Å². The molecule has 4 heteroatoms. The van der Waals surface area contributed by atoms with Gasteiger partial charge in [-0.05, 0) is 18.8 Å². The Morgan fingerprint density at radius 1 is 1.10 bits per heavy atom. The molecule has 0 radical (unpaired) electrons. The van der Waals surface area contributed by atoms with E-state index >= 15 is 0 Å². The number of ether oxygens (including phenoxy) is 2. The summed E-state index contributed by atoms with van der Waals surface area (Å²) in [5.41, 5.74) is 2.42. The summed E-state index contributed by atoms with van der Waals surface area (Å²) in [5.74, 6) is 2.45. The fraction of sp³-hybridized carbons (Fsp3) is 0.647. The number of anilines is 2. The van der Waals surface area contributed by atoms with Gasteiger partial charge in [-0.15, -0.1) is 0 Å². The average molecular weight is 290 g/mol. The third kappa shape index (κ3) is 3.04. The van der Waals surface area contributed by atoms with Crippen molar-refractivity contribution < 1.29 is 9.47 Å². The van der Waals surface area contributed by atoms with E-state index in [9.17, 15) is 0 Å². The van der Waals surface area contributed by atoms with Crippen LogP contribution in [0.3, 0.4) is 0 Å². The minimum Gasteiger partial charge on any atom is -0.493 e. The van der Waals surface area contributed by atoms with Crippen molar-refractivity contribution in [1.82, 2.24) is 0 Å². The molecule has 0 spiro atoms. The third-order valence-electron chi connectivity index (χ3n) is 4.74. The standard InChI is InChI=1S/C17H26N2O2/c1-20-16-10-14-15(11-17(16)21-2)19(9-8-18-14)12-13-6-4-3-5-7-13/h10-11,13,18H,3-9,12H2,1-2H3. The molecule has 1 heterocycles. The molecule has 1 aliphatic carbocycles. The summed E-state index contributed by atoms with van der Waals surface area (Å²) in [6, 6.07) is 4.17. The Hall–Kier alpha value is -1.58. The number of hydrogen-bond donors (Lipinski definition) is 1. The van der Waals surface area contributed by atoms with E-state index < -0.39 is 0 Å². The second-order valence-corrected chi connectivity index (χ2v) is 6.10. The Morgan fingerprint density at radius 2 is 1.81 bits per heavy atom. The molecule has 0 aromatic heterocycles. The van der Waals surface area contributed by atoms with E-state index in [1.165, 1.54) is 44.3 Å². The summed E-state index contributed by atoms with van der Waals surface area (Å²) in [7, 11) is 3.39. The Balaban J connectivity index is 1.82. The lowest BCUT2D eigenvalue weighted by Gasteiger charge is -2.36. The molecule has 3 rings (SSSR count). The van der Waals surface area contributed by atoms with E-state index in [1.54, 1.807) is 14.2 Å². The second kappa shape index (κ2) is 6.46. The van der Waals surface area contributed by atoms with Gasteiger partial charge in [0.25, 0.3) is 0 Å². The van der Waals surface area contributed by atoms with Crippen molar-refractivity contribution in [3.63, 3.8) is 0 Å². The molecule has 116 valence electrons. The van der Waals surface area contributed by atoms with Gasteiger partial charge in [0.15, 0.2) is 11.5 Å². The largest absolute Gasteiger partial charge is 0.493 e. The molecule has 0 atom stereocenters. The van der Waals surface area contributed by atoms with Gasteiger partial charge in [0, 0.05) is 31.8 Å². The summed E-state index contributed by atoms with van der Waals surface area (Å²) in [4.78, 5) is 2.52. The van der Waals surface area contributed by atoms with Crippen molar-refractivity contribution >= 4 is 11.4 Å². The van der Waals surface area contributed by atoms with Gasteiger partial charge < -0.3 is 19.7 Å². The molecular weight excluding hydrogens is 264 g/mol. The minimum absolute atomic E-state index is 0.795. The van der Waals surface area contributed by atoms with Gasteiger partial charge in [0.1, 0.15) is 0 Å². The number of nitrogens with zero attached hydrogens (tertiary/aromatic N) is 1. The maximum atomic E-state index is 5.46. The average Bonchev–Trinajstić information content (AvgIpc) is 2.55. The van der Waals surface area contributed by atoms with Crippen LogP contribution in [0.1, 0.15) is 32.1 Å². The maximum absolute atomic E-state index is 5.46. The predicted molar refractivity (Wildman–Crippen MR) is 86.8 cm³/mol. The fourth-order valence-electron chi connectivity index (χ4n) is 3.59. The van der Waals surface area contributed by atoms with Gasteiger partial charge in [0.2, 0.25) is 0 Å². The van der Waals surface area contributed by atoms with Crippen LogP contribution in [0.15, 0.2) is 12.1 Å². The van der Waals surface area contributed by atoms with Gasteiger partial charge in [0.05, 0.1) is 25.6 Å². The van der Waals surface area contributed by atoms with Crippen molar-refractivity contribution in [3.05, 3.63) is 12.1 Å². The monoisotopic (exact) mass is 290 g/mol. The molecule has 1 saturated carbocycles. The zero-order valence-corrected chi connectivity index (χ0v) is 13.2. The zero-order valence-electron chi connectivity index (χ0n) is 13.2. The summed E-state index contributed by atoms with van der Waals surface area (Å²) in [6.45, 7) is 3.23. The van der Waals surface area contributed by atoms with E-state index in [0.717, 1.165) is 36.2 Å². The van der Waals surface area contributed by atoms with Crippen molar-refractivity contribution in [2.24, 2.45) is 5.92 Å². The molecule has 1 aliphatic heterocycles. The molecule has 2 aliphatic rings. The SMILES string of the molecule is COc1cc2c(cc1OC)N(CC1CCCCC1)CCN2. The fourth-order valence-corrected chi connectivity index (χ4v) is 3.59. The van der Waals surface area contributed by atoms with Crippen LogP contribution in [0, 0.1) is 5.92 Å². The molecule has 0 saturated heterocycles. The lowest BCUT2D eigenvalue weighted by atomic mass is 9.88. The summed E-state index contributed by atoms with van der Waals surface area (Å²) < 4.78 is 10.9. The highest BCUT2D eigenvalue weighted by atomic mass is 16.5. The molecule has 1 aromatic rings. The smallest absolute Gasteiger partial charge is 0.162 e. The maximum Gasteiger partial charge on any atom is 0.162 e. The highest BCUT2D eigenvalue weighted by Crippen LogP contribution is 2.40. The second-order valence-electron chi connectivity index (χ2n) is 6.10. The molecule has 1 aromatic carbocycles. The van der Waals surface area contributed by atoms with Crippen molar-refractivity contribution in [2.45, 2.75) is 32.1 Å². The highest BCUT2D eigenvalue weighted by Gasteiger charge is 2.23. The van der Waals surface area contributed by atoms with Gasteiger partial charge in [-0.25, -0.2) is 0 Å². The quantitative estimate of drug-likeness (QED) is 0.920. The molecule has 0 unspecified atom stereocenters. The van der Waals surface area contributed by atoms with Gasteiger partial charge in [-0.2, -0.15) is 0 Å². The highest BCUT2D eigenvalue weighted by molar-refractivity contribution is 5.76. The molecule has 1 N–H and O–H groups in total. The van der Waals surface area contributed by atoms with E-state index in [2.05, 4.69) is 22.3 Å². The first-order valence-electron chi connectivity index (χ1n) is 8.06. The number of methoxy groups -OCH3 is 2. The number of benzene rings is 1. The van der Waals surface area contributed by atoms with Gasteiger partial charge in [-0.1, -0.05) is 19.3 Å². The molecule has 1 fully saturated rings. The molecule has 0 bridgehead atoms. The van der Waals surface area contributed by atoms with E-state index in [-0.39, 0.29) is 0 Å². The van der Waals surface area contributed by atoms with Gasteiger partial charge in [-0.3, -0.25) is 0 Å². The zero-order chi connectivity index (χ0) is 14.7. The lowest BCUT2D eigenvalue weighted by Crippen LogP contribution is -2.38. The number of nitrogens with one attached hydrogen (secondary N) is 1. The van der Waals surface area contributed by atoms with Crippen LogP contribution in [0.4, 0.5) is 11.4 Å². The van der Waals surface area contributed by atoms with Crippen LogP contribution in [-0.4, -0.2) is 33.9 Å². The normalized spacial score (nSPS) is 18.9. The molecule has 4 nitrogen and oxygen atoms in total. The number of fused-ring (bicyclic) bond motifs is 1. The van der Waals surface area contributed by atoms with Crippen LogP contribution in [0.2, 0.25) is 0 Å². The molecule has 0 amide bonds. The minimum atomic E-state index is 0.795. The summed E-state index contributed by atoms with van der Waals surface area (Å²) in [5, 5.41) is 3.48. The van der Waals surface area contributed by atoms with Crippen molar-refractivity contribution in [2.75, 3.05) is 44.1 Å². The Morgan fingerprint density at radius 3 is 2.52 bits per heavy atom. The Labute approximate surface area is 127 Å². The number of hydrogen-bond acceptors (Lipinski definition) is 4. The van der Waals surface area contributed by atoms with Crippen LogP contribution in [-0.2, 0) is 0 Å². The Kier molecular flexibility index (Phi) is 4.42. The summed E-state index contributed by atoms with van der Waals surface area (Å²) in [6.07, 6.45) is 6.98. The first-order chi connectivity index (χ1) is 10.3. The van der Waals surface area contributed by atoms with E-state index in [0.29, 0.717) is 0 Å². The van der Waals surface area contributed by atoms with Crippen LogP contribution >= 0.6 is 0 Å². The first kappa shape index (κ1) is 14.4. The van der Waals surface area contributed by atoms with Crippen LogP contribution in [0.25, 0.3) is 0 Å². The first-order valence-corrected chi connectivity index (χ1v) is 8.06. The molecular formula is C17H26N2O2. The van der Waals surface area contributed by atoms with Crippen LogP contribution in [0.5, 0.6) is 11.5 Å². The van der Waals surface area contributed by atoms with E-state index in [4.69, 9.17) is 9.47 Å². The predicted octanol–water partition coefficient (Wildman–Crippen LogP) is 3.52. The summed E-state index contributed by atoms with van der Waals surface area (Å²) >= 11 is 0. The molecule has 21 heavy (non-hydrogen) atoms.